The number of benzene rings is 3. The van der Waals surface area contributed by atoms with E-state index in [1.54, 1.807) is 54.7 Å². The minimum atomic E-state index is -0.895. The average Bonchev–Trinajstić information content (AvgIpc) is 3.84. The van der Waals surface area contributed by atoms with E-state index in [0.29, 0.717) is 57.0 Å². The Kier molecular flexibility index (Phi) is 8.55. The van der Waals surface area contributed by atoms with Crippen molar-refractivity contribution in [1.29, 1.82) is 0 Å². The summed E-state index contributed by atoms with van der Waals surface area (Å²) in [5.41, 5.74) is 2.43. The van der Waals surface area contributed by atoms with Crippen molar-refractivity contribution in [1.82, 2.24) is 4.98 Å². The normalized spacial score (nSPS) is 17.7. The van der Waals surface area contributed by atoms with Gasteiger partial charge in [-0.3, -0.25) is 14.4 Å². The molecule has 3 aliphatic rings. The second-order valence-electron chi connectivity index (χ2n) is 13.1. The average molecular weight is 708 g/mol. The number of amides is 3. The van der Waals surface area contributed by atoms with Crippen molar-refractivity contribution in [2.24, 2.45) is 11.8 Å². The van der Waals surface area contributed by atoms with Gasteiger partial charge < -0.3 is 20.4 Å². The molecule has 51 heavy (non-hydrogen) atoms. The Balaban J connectivity index is 0.998. The van der Waals surface area contributed by atoms with Crippen LogP contribution in [-0.2, 0) is 6.42 Å². The van der Waals surface area contributed by atoms with Gasteiger partial charge >= 0.3 is 0 Å². The predicted molar refractivity (Wildman–Crippen MR) is 191 cm³/mol. The first-order valence-electron chi connectivity index (χ1n) is 16.8. The molecule has 0 bridgehead atoms. The summed E-state index contributed by atoms with van der Waals surface area (Å²) in [4.78, 5) is 49.6. The Morgan fingerprint density at radius 1 is 0.824 bits per heavy atom. The van der Waals surface area contributed by atoms with E-state index < -0.39 is 29.0 Å². The summed E-state index contributed by atoms with van der Waals surface area (Å²) in [7, 11) is 0. The van der Waals surface area contributed by atoms with E-state index in [1.807, 2.05) is 0 Å². The summed E-state index contributed by atoms with van der Waals surface area (Å²) in [5.74, 6) is -1.68. The van der Waals surface area contributed by atoms with E-state index in [4.69, 9.17) is 0 Å². The number of thiophene rings is 1. The summed E-state index contributed by atoms with van der Waals surface area (Å²) in [6.45, 7) is 1.99. The molecule has 2 atom stereocenters. The molecule has 2 aliphatic heterocycles. The van der Waals surface area contributed by atoms with Gasteiger partial charge in [0, 0.05) is 47.5 Å². The monoisotopic (exact) mass is 707 g/mol. The van der Waals surface area contributed by atoms with E-state index in [1.165, 1.54) is 42.4 Å². The minimum absolute atomic E-state index is 0.183. The second kappa shape index (κ2) is 13.3. The summed E-state index contributed by atoms with van der Waals surface area (Å²) >= 11 is 1.10. The first-order valence-corrected chi connectivity index (χ1v) is 17.7. The smallest absolute Gasteiger partial charge is 0.265 e. The fraction of sp³-hybridized carbons (Fsp3) is 0.231. The third kappa shape index (κ3) is 6.24. The highest BCUT2D eigenvalue weighted by Crippen LogP contribution is 2.43. The zero-order valence-electron chi connectivity index (χ0n) is 27.3. The van der Waals surface area contributed by atoms with Gasteiger partial charge in [-0.2, -0.15) is 0 Å². The minimum Gasteiger partial charge on any atom is -0.355 e. The lowest BCUT2D eigenvalue weighted by atomic mass is 10.0. The number of para-hydroxylation sites is 1. The zero-order chi connectivity index (χ0) is 35.2. The maximum Gasteiger partial charge on any atom is 0.265 e. The van der Waals surface area contributed by atoms with E-state index >= 15 is 0 Å². The molecule has 3 aromatic carbocycles. The van der Waals surface area contributed by atoms with Gasteiger partial charge in [-0.1, -0.05) is 12.5 Å². The van der Waals surface area contributed by atoms with Gasteiger partial charge in [0.05, 0.1) is 16.1 Å². The van der Waals surface area contributed by atoms with Crippen molar-refractivity contribution in [2.45, 2.75) is 25.7 Å². The molecule has 2 N–H and O–H groups in total. The molecule has 1 aliphatic carbocycles. The molecule has 2 fully saturated rings. The molecule has 5 aromatic rings. The number of pyridine rings is 1. The topological polar surface area (TPSA) is 94.6 Å². The maximum absolute atomic E-state index is 14.7. The molecule has 1 saturated heterocycles. The molecule has 0 spiro atoms. The van der Waals surface area contributed by atoms with Gasteiger partial charge in [0.1, 0.15) is 29.0 Å². The van der Waals surface area contributed by atoms with Crippen LogP contribution >= 0.6 is 11.3 Å². The van der Waals surface area contributed by atoms with E-state index in [-0.39, 0.29) is 23.2 Å². The molecule has 3 amide bonds. The Labute approximate surface area is 295 Å². The SMILES string of the molecule is O=C(Nc1c(F)cccc1F)c1cc2c(s1)-c1ccc(F)cc1N(C(=O)c1ccc(NC(=O)c3cccnc3N3CC4CCCC4C3)cc1)CC2. The molecule has 4 heterocycles. The quantitative estimate of drug-likeness (QED) is 0.186. The number of fused-ring (bicyclic) bond motifs is 4. The van der Waals surface area contributed by atoms with Crippen molar-refractivity contribution in [2.75, 3.05) is 40.1 Å². The highest BCUT2D eigenvalue weighted by Gasteiger charge is 2.37. The van der Waals surface area contributed by atoms with Gasteiger partial charge in [-0.25, -0.2) is 18.2 Å². The standard InChI is InChI=1S/C39H32F3N5O3S/c40-26-11-14-28-32(19-26)47(17-15-23-18-33(51-35(23)28)38(49)45-34-30(41)7-2-8-31(34)42)39(50)22-9-12-27(13-10-22)44-37(48)29-6-3-16-43-36(29)46-20-24-4-1-5-25(24)21-46/h2-3,6-14,16,18-19,24-25H,1,4-5,15,17,20-21H2,(H,44,48)(H,45,49). The molecule has 258 valence electrons. The van der Waals surface area contributed by atoms with Crippen LogP contribution in [0.2, 0.25) is 0 Å². The van der Waals surface area contributed by atoms with Crippen LogP contribution in [0, 0.1) is 29.3 Å². The third-order valence-electron chi connectivity index (χ3n) is 10.0. The van der Waals surface area contributed by atoms with Crippen molar-refractivity contribution in [3.8, 4) is 10.4 Å². The lowest BCUT2D eigenvalue weighted by Crippen LogP contribution is -2.32. The molecular formula is C39H32F3N5O3S. The van der Waals surface area contributed by atoms with Gasteiger partial charge in [-0.15, -0.1) is 11.3 Å². The first-order chi connectivity index (χ1) is 24.7. The van der Waals surface area contributed by atoms with E-state index in [0.717, 1.165) is 42.1 Å². The molecular weight excluding hydrogens is 676 g/mol. The first kappa shape index (κ1) is 32.7. The van der Waals surface area contributed by atoms with Crippen LogP contribution in [0.25, 0.3) is 10.4 Å². The molecule has 2 aromatic heterocycles. The van der Waals surface area contributed by atoms with Gasteiger partial charge in [0.2, 0.25) is 0 Å². The molecule has 1 saturated carbocycles. The van der Waals surface area contributed by atoms with Crippen LogP contribution in [0.1, 0.15) is 55.2 Å². The lowest BCUT2D eigenvalue weighted by Gasteiger charge is -2.23. The van der Waals surface area contributed by atoms with Gasteiger partial charge in [0.15, 0.2) is 0 Å². The molecule has 8 rings (SSSR count). The van der Waals surface area contributed by atoms with Crippen LogP contribution < -0.4 is 20.4 Å². The van der Waals surface area contributed by atoms with Crippen molar-refractivity contribution in [3.05, 3.63) is 124 Å². The number of aromatic nitrogens is 1. The van der Waals surface area contributed by atoms with Crippen molar-refractivity contribution in [3.63, 3.8) is 0 Å². The zero-order valence-corrected chi connectivity index (χ0v) is 28.1. The summed E-state index contributed by atoms with van der Waals surface area (Å²) in [6, 6.07) is 19.2. The summed E-state index contributed by atoms with van der Waals surface area (Å²) < 4.78 is 43.1. The fourth-order valence-corrected chi connectivity index (χ4v) is 8.65. The van der Waals surface area contributed by atoms with Crippen LogP contribution in [0.3, 0.4) is 0 Å². The number of carbonyl (C=O) groups excluding carboxylic acids is 3. The number of nitrogens with one attached hydrogen (secondary N) is 2. The van der Waals surface area contributed by atoms with Crippen LogP contribution in [0.4, 0.5) is 36.1 Å². The third-order valence-corrected chi connectivity index (χ3v) is 11.2. The number of anilines is 4. The number of carbonyl (C=O) groups is 3. The maximum atomic E-state index is 14.7. The predicted octanol–water partition coefficient (Wildman–Crippen LogP) is 8.17. The van der Waals surface area contributed by atoms with Crippen LogP contribution in [0.15, 0.2) is 85.1 Å². The number of hydrogen-bond donors (Lipinski definition) is 2. The van der Waals surface area contributed by atoms with Gasteiger partial charge in [0.25, 0.3) is 17.7 Å². The largest absolute Gasteiger partial charge is 0.355 e. The Bertz CT molecular complexity index is 2160. The van der Waals surface area contributed by atoms with E-state index in [9.17, 15) is 27.6 Å². The second-order valence-corrected chi connectivity index (χ2v) is 14.2. The molecule has 2 unspecified atom stereocenters. The highest BCUT2D eigenvalue weighted by atomic mass is 32.1. The van der Waals surface area contributed by atoms with Crippen LogP contribution in [-0.4, -0.2) is 42.3 Å². The molecule has 0 radical (unpaired) electrons. The molecule has 12 heteroatoms. The van der Waals surface area contributed by atoms with Crippen molar-refractivity contribution < 1.29 is 27.6 Å². The summed E-state index contributed by atoms with van der Waals surface area (Å²) in [6.07, 6.45) is 5.75. The van der Waals surface area contributed by atoms with Crippen molar-refractivity contribution >= 4 is 51.9 Å². The molecule has 8 nitrogen and oxygen atoms in total. The fourth-order valence-electron chi connectivity index (χ4n) is 7.52. The number of rotatable bonds is 6. The lowest BCUT2D eigenvalue weighted by molar-refractivity contribution is 0.0985. The van der Waals surface area contributed by atoms with Gasteiger partial charge in [-0.05, 0) is 109 Å². The van der Waals surface area contributed by atoms with Crippen LogP contribution in [0.5, 0.6) is 0 Å². The number of hydrogen-bond acceptors (Lipinski definition) is 6. The summed E-state index contributed by atoms with van der Waals surface area (Å²) in [5, 5.41) is 5.26. The highest BCUT2D eigenvalue weighted by molar-refractivity contribution is 7.17. The Morgan fingerprint density at radius 3 is 2.31 bits per heavy atom. The Hall–Kier alpha value is -5.49. The van der Waals surface area contributed by atoms with E-state index in [2.05, 4.69) is 20.5 Å². The number of halogens is 3. The number of nitrogens with zero attached hydrogens (tertiary/aromatic N) is 3. The Morgan fingerprint density at radius 2 is 1.57 bits per heavy atom.